The summed E-state index contributed by atoms with van der Waals surface area (Å²) < 4.78 is 5.12. The first-order chi connectivity index (χ1) is 9.49. The van der Waals surface area contributed by atoms with E-state index in [1.54, 1.807) is 6.07 Å². The molecule has 5 heteroatoms. The Balaban J connectivity index is 2.19. The van der Waals surface area contributed by atoms with Crippen molar-refractivity contribution in [3.8, 4) is 5.75 Å². The first-order valence-corrected chi connectivity index (χ1v) is 7.00. The Labute approximate surface area is 118 Å². The number of nitrogens with zero attached hydrogens (tertiary/aromatic N) is 1. The van der Waals surface area contributed by atoms with E-state index in [2.05, 4.69) is 6.92 Å². The lowest BCUT2D eigenvalue weighted by Gasteiger charge is -2.31. The van der Waals surface area contributed by atoms with Crippen molar-refractivity contribution in [2.45, 2.75) is 38.7 Å². The number of hydrogen-bond donors (Lipinski definition) is 1. The molecular formula is C15H21NO4. The second kappa shape index (κ2) is 6.22. The molecule has 20 heavy (non-hydrogen) atoms. The van der Waals surface area contributed by atoms with Gasteiger partial charge in [0.05, 0.1) is 24.2 Å². The van der Waals surface area contributed by atoms with E-state index in [1.165, 1.54) is 13.2 Å². The Morgan fingerprint density at radius 3 is 2.80 bits per heavy atom. The normalized spacial score (nSPS) is 26.2. The number of nitro groups is 1. The van der Waals surface area contributed by atoms with Gasteiger partial charge in [0.2, 0.25) is 0 Å². The Hall–Kier alpha value is -1.62. The van der Waals surface area contributed by atoms with E-state index >= 15 is 0 Å². The number of benzene rings is 1. The predicted molar refractivity (Wildman–Crippen MR) is 75.9 cm³/mol. The molecule has 2 rings (SSSR count). The maximum Gasteiger partial charge on any atom is 0.273 e. The van der Waals surface area contributed by atoms with E-state index < -0.39 is 4.92 Å². The van der Waals surface area contributed by atoms with Crippen LogP contribution in [0.2, 0.25) is 0 Å². The number of aliphatic hydroxyl groups is 1. The summed E-state index contributed by atoms with van der Waals surface area (Å²) in [6.45, 7) is 2.19. The molecule has 0 aromatic heterocycles. The second-order valence-electron chi connectivity index (χ2n) is 5.75. The van der Waals surface area contributed by atoms with E-state index in [0.717, 1.165) is 24.8 Å². The molecular weight excluding hydrogens is 258 g/mol. The molecule has 0 spiro atoms. The molecule has 1 aliphatic rings. The van der Waals surface area contributed by atoms with Crippen LogP contribution in [0.4, 0.5) is 5.69 Å². The zero-order valence-corrected chi connectivity index (χ0v) is 11.9. The highest BCUT2D eigenvalue weighted by Gasteiger charge is 2.27. The lowest BCUT2D eigenvalue weighted by atomic mass is 9.77. The van der Waals surface area contributed by atoms with E-state index in [1.807, 2.05) is 6.07 Å². The highest BCUT2D eigenvalue weighted by molar-refractivity contribution is 5.43. The fraction of sp³-hybridized carbons (Fsp3) is 0.600. The minimum Gasteiger partial charge on any atom is -0.496 e. The van der Waals surface area contributed by atoms with Gasteiger partial charge < -0.3 is 9.84 Å². The van der Waals surface area contributed by atoms with Crippen LogP contribution in [0.5, 0.6) is 5.75 Å². The van der Waals surface area contributed by atoms with Crippen LogP contribution in [0.25, 0.3) is 0 Å². The quantitative estimate of drug-likeness (QED) is 0.679. The van der Waals surface area contributed by atoms with Gasteiger partial charge in [-0.05, 0) is 49.1 Å². The number of nitro benzene ring substituents is 1. The molecule has 0 saturated heterocycles. The molecule has 1 saturated carbocycles. The minimum absolute atomic E-state index is 0.0395. The van der Waals surface area contributed by atoms with Gasteiger partial charge in [-0.3, -0.25) is 10.1 Å². The van der Waals surface area contributed by atoms with Crippen LogP contribution < -0.4 is 4.74 Å². The SMILES string of the molecule is COc1cc(CC2CC(C)CCC2O)cc([N+](=O)[O-])c1. The average molecular weight is 279 g/mol. The maximum atomic E-state index is 10.9. The molecule has 0 heterocycles. The van der Waals surface area contributed by atoms with Gasteiger partial charge in [0.1, 0.15) is 5.75 Å². The largest absolute Gasteiger partial charge is 0.496 e. The molecule has 5 nitrogen and oxygen atoms in total. The third-order valence-corrected chi connectivity index (χ3v) is 4.10. The summed E-state index contributed by atoms with van der Waals surface area (Å²) in [5.74, 6) is 1.27. The zero-order chi connectivity index (χ0) is 14.7. The Bertz CT molecular complexity index is 489. The van der Waals surface area contributed by atoms with E-state index in [4.69, 9.17) is 4.74 Å². The molecule has 1 aromatic carbocycles. The number of aliphatic hydroxyl groups excluding tert-OH is 1. The number of non-ortho nitro benzene ring substituents is 1. The molecule has 110 valence electrons. The van der Waals surface area contributed by atoms with Crippen molar-refractivity contribution in [3.05, 3.63) is 33.9 Å². The van der Waals surface area contributed by atoms with Gasteiger partial charge in [-0.2, -0.15) is 0 Å². The fourth-order valence-corrected chi connectivity index (χ4v) is 2.99. The van der Waals surface area contributed by atoms with Gasteiger partial charge in [0.15, 0.2) is 0 Å². The number of hydrogen-bond acceptors (Lipinski definition) is 4. The summed E-state index contributed by atoms with van der Waals surface area (Å²) >= 11 is 0. The van der Waals surface area contributed by atoms with E-state index in [9.17, 15) is 15.2 Å². The zero-order valence-electron chi connectivity index (χ0n) is 11.9. The molecule has 1 aliphatic carbocycles. The lowest BCUT2D eigenvalue weighted by molar-refractivity contribution is -0.385. The first kappa shape index (κ1) is 14.8. The highest BCUT2D eigenvalue weighted by atomic mass is 16.6. The highest BCUT2D eigenvalue weighted by Crippen LogP contribution is 2.33. The van der Waals surface area contributed by atoms with E-state index in [-0.39, 0.29) is 17.7 Å². The maximum absolute atomic E-state index is 10.9. The first-order valence-electron chi connectivity index (χ1n) is 7.00. The van der Waals surface area contributed by atoms with Gasteiger partial charge in [-0.25, -0.2) is 0 Å². The molecule has 0 radical (unpaired) electrons. The summed E-state index contributed by atoms with van der Waals surface area (Å²) in [5.41, 5.74) is 0.895. The summed E-state index contributed by atoms with van der Waals surface area (Å²) in [6, 6.07) is 4.82. The van der Waals surface area contributed by atoms with Gasteiger partial charge in [-0.15, -0.1) is 0 Å². The van der Waals surface area contributed by atoms with Crippen LogP contribution in [0.1, 0.15) is 31.7 Å². The molecule has 3 unspecified atom stereocenters. The van der Waals surface area contributed by atoms with Gasteiger partial charge >= 0.3 is 0 Å². The van der Waals surface area contributed by atoms with Crippen molar-refractivity contribution in [1.82, 2.24) is 0 Å². The third kappa shape index (κ3) is 3.48. The van der Waals surface area contributed by atoms with Crippen molar-refractivity contribution in [1.29, 1.82) is 0 Å². The molecule has 0 amide bonds. The number of rotatable bonds is 4. The smallest absolute Gasteiger partial charge is 0.273 e. The molecule has 1 fully saturated rings. The molecule has 3 atom stereocenters. The average Bonchev–Trinajstić information content (AvgIpc) is 2.42. The number of methoxy groups -OCH3 is 1. The number of ether oxygens (including phenoxy) is 1. The van der Waals surface area contributed by atoms with Crippen molar-refractivity contribution in [2.75, 3.05) is 7.11 Å². The van der Waals surface area contributed by atoms with Crippen LogP contribution in [0, 0.1) is 22.0 Å². The minimum atomic E-state index is -0.411. The standard InChI is InChI=1S/C15H21NO4/c1-10-3-4-15(17)12(5-10)6-11-7-13(16(18)19)9-14(8-11)20-2/h7-10,12,15,17H,3-6H2,1-2H3. The van der Waals surface area contributed by atoms with Crippen LogP contribution in [-0.4, -0.2) is 23.2 Å². The van der Waals surface area contributed by atoms with Crippen LogP contribution in [0.15, 0.2) is 18.2 Å². The van der Waals surface area contributed by atoms with E-state index in [0.29, 0.717) is 18.1 Å². The van der Waals surface area contributed by atoms with Crippen molar-refractivity contribution >= 4 is 5.69 Å². The molecule has 1 N–H and O–H groups in total. The van der Waals surface area contributed by atoms with Gasteiger partial charge in [0.25, 0.3) is 5.69 Å². The fourth-order valence-electron chi connectivity index (χ4n) is 2.99. The lowest BCUT2D eigenvalue weighted by Crippen LogP contribution is -2.29. The second-order valence-corrected chi connectivity index (χ2v) is 5.75. The predicted octanol–water partition coefficient (Wildman–Crippen LogP) is 2.94. The van der Waals surface area contributed by atoms with Crippen molar-refractivity contribution in [3.63, 3.8) is 0 Å². The molecule has 0 bridgehead atoms. The Morgan fingerprint density at radius 2 is 2.15 bits per heavy atom. The summed E-state index contributed by atoms with van der Waals surface area (Å²) in [6.07, 6.45) is 3.18. The summed E-state index contributed by atoms with van der Waals surface area (Å²) in [5, 5.41) is 21.0. The monoisotopic (exact) mass is 279 g/mol. The Morgan fingerprint density at radius 1 is 1.40 bits per heavy atom. The van der Waals surface area contributed by atoms with Gasteiger partial charge in [-0.1, -0.05) is 6.92 Å². The van der Waals surface area contributed by atoms with Crippen LogP contribution in [-0.2, 0) is 6.42 Å². The molecule has 1 aromatic rings. The van der Waals surface area contributed by atoms with Crippen LogP contribution >= 0.6 is 0 Å². The van der Waals surface area contributed by atoms with Crippen molar-refractivity contribution in [2.24, 2.45) is 11.8 Å². The summed E-state index contributed by atoms with van der Waals surface area (Å²) in [7, 11) is 1.50. The Kier molecular flexibility index (Phi) is 4.60. The van der Waals surface area contributed by atoms with Crippen LogP contribution in [0.3, 0.4) is 0 Å². The topological polar surface area (TPSA) is 72.6 Å². The third-order valence-electron chi connectivity index (χ3n) is 4.10. The van der Waals surface area contributed by atoms with Gasteiger partial charge in [0, 0.05) is 6.07 Å². The van der Waals surface area contributed by atoms with Crippen molar-refractivity contribution < 1.29 is 14.8 Å². The summed E-state index contributed by atoms with van der Waals surface area (Å²) in [4.78, 5) is 10.5. The molecule has 0 aliphatic heterocycles.